The van der Waals surface area contributed by atoms with Crippen LogP contribution in [0, 0.1) is 0 Å². The standard InChI is InChI=1S/C25H28N2O4S2/c1-2-31-22-14-16-24(17-15-22)33(29,30)27(21-10-5-3-6-11-21)20-25(28)26-18-9-19-32-23-12-7-4-8-13-23/h3-8,10-17H,2,9,18-20H2,1H3,(H,26,28). The van der Waals surface area contributed by atoms with Crippen LogP contribution in [-0.4, -0.2) is 39.8 Å². The number of ether oxygens (including phenoxy) is 1. The van der Waals surface area contributed by atoms with Crippen LogP contribution in [0.5, 0.6) is 5.75 Å². The normalized spacial score (nSPS) is 11.1. The van der Waals surface area contributed by atoms with E-state index in [1.54, 1.807) is 54.2 Å². The van der Waals surface area contributed by atoms with E-state index in [-0.39, 0.29) is 17.3 Å². The molecule has 0 bridgehead atoms. The third-order valence-electron chi connectivity index (χ3n) is 4.71. The molecule has 3 aromatic carbocycles. The number of nitrogens with one attached hydrogen (secondary N) is 1. The van der Waals surface area contributed by atoms with Gasteiger partial charge in [-0.3, -0.25) is 9.10 Å². The summed E-state index contributed by atoms with van der Waals surface area (Å²) >= 11 is 1.72. The highest BCUT2D eigenvalue weighted by molar-refractivity contribution is 7.99. The summed E-state index contributed by atoms with van der Waals surface area (Å²) in [6.45, 7) is 2.53. The molecule has 1 N–H and O–H groups in total. The number of hydrogen-bond donors (Lipinski definition) is 1. The highest BCUT2D eigenvalue weighted by atomic mass is 32.2. The summed E-state index contributed by atoms with van der Waals surface area (Å²) in [6.07, 6.45) is 0.780. The number of para-hydroxylation sites is 1. The number of hydrogen-bond acceptors (Lipinski definition) is 5. The van der Waals surface area contributed by atoms with Crippen LogP contribution in [0.25, 0.3) is 0 Å². The van der Waals surface area contributed by atoms with Crippen LogP contribution >= 0.6 is 11.8 Å². The zero-order valence-corrected chi connectivity index (χ0v) is 20.1. The van der Waals surface area contributed by atoms with Gasteiger partial charge in [0.05, 0.1) is 17.2 Å². The molecule has 0 aliphatic heterocycles. The summed E-state index contributed by atoms with van der Waals surface area (Å²) in [5, 5.41) is 2.84. The van der Waals surface area contributed by atoms with Crippen LogP contribution in [0.4, 0.5) is 5.69 Å². The van der Waals surface area contributed by atoms with Crippen molar-refractivity contribution in [1.82, 2.24) is 5.32 Å². The lowest BCUT2D eigenvalue weighted by atomic mass is 10.3. The Morgan fingerprint density at radius 1 is 0.939 bits per heavy atom. The maximum Gasteiger partial charge on any atom is 0.264 e. The Morgan fingerprint density at radius 2 is 1.58 bits per heavy atom. The number of nitrogens with zero attached hydrogens (tertiary/aromatic N) is 1. The van der Waals surface area contributed by atoms with Crippen LogP contribution < -0.4 is 14.4 Å². The number of anilines is 1. The first kappa shape index (κ1) is 24.7. The number of thioether (sulfide) groups is 1. The molecule has 33 heavy (non-hydrogen) atoms. The molecule has 8 heteroatoms. The summed E-state index contributed by atoms with van der Waals surface area (Å²) in [7, 11) is -3.94. The molecule has 0 radical (unpaired) electrons. The van der Waals surface area contributed by atoms with Crippen molar-refractivity contribution < 1.29 is 17.9 Å². The van der Waals surface area contributed by atoms with Crippen molar-refractivity contribution in [3.8, 4) is 5.75 Å². The van der Waals surface area contributed by atoms with Gasteiger partial charge in [-0.05, 0) is 67.6 Å². The topological polar surface area (TPSA) is 75.7 Å². The average molecular weight is 485 g/mol. The molecule has 174 valence electrons. The van der Waals surface area contributed by atoms with Crippen molar-refractivity contribution in [2.45, 2.75) is 23.1 Å². The second kappa shape index (κ2) is 12.3. The van der Waals surface area contributed by atoms with E-state index in [0.717, 1.165) is 16.5 Å². The molecule has 1 amide bonds. The van der Waals surface area contributed by atoms with Gasteiger partial charge in [-0.2, -0.15) is 0 Å². The SMILES string of the molecule is CCOc1ccc(S(=O)(=O)N(CC(=O)NCCCSc2ccccc2)c2ccccc2)cc1. The maximum atomic E-state index is 13.4. The average Bonchev–Trinajstić information content (AvgIpc) is 2.84. The Bertz CT molecular complexity index is 1110. The minimum absolute atomic E-state index is 0.0990. The molecular formula is C25H28N2O4S2. The fourth-order valence-corrected chi connectivity index (χ4v) is 5.40. The molecular weight excluding hydrogens is 456 g/mol. The maximum absolute atomic E-state index is 13.4. The lowest BCUT2D eigenvalue weighted by Gasteiger charge is -2.24. The Labute approximate surface area is 200 Å². The Balaban J connectivity index is 1.63. The fourth-order valence-electron chi connectivity index (χ4n) is 3.10. The zero-order chi connectivity index (χ0) is 23.5. The summed E-state index contributed by atoms with van der Waals surface area (Å²) < 4.78 is 33.3. The first-order chi connectivity index (χ1) is 16.0. The van der Waals surface area contributed by atoms with Gasteiger partial charge in [0.25, 0.3) is 10.0 Å². The van der Waals surface area contributed by atoms with Gasteiger partial charge in [-0.25, -0.2) is 8.42 Å². The van der Waals surface area contributed by atoms with Gasteiger partial charge in [0.1, 0.15) is 12.3 Å². The third-order valence-corrected chi connectivity index (χ3v) is 7.60. The molecule has 0 unspecified atom stereocenters. The van der Waals surface area contributed by atoms with E-state index in [1.165, 1.54) is 17.0 Å². The van der Waals surface area contributed by atoms with Gasteiger partial charge >= 0.3 is 0 Å². The molecule has 3 aromatic rings. The number of carbonyl (C=O) groups is 1. The second-order valence-electron chi connectivity index (χ2n) is 7.12. The van der Waals surface area contributed by atoms with Gasteiger partial charge in [-0.1, -0.05) is 36.4 Å². The van der Waals surface area contributed by atoms with E-state index < -0.39 is 10.0 Å². The molecule has 0 fully saturated rings. The molecule has 0 saturated carbocycles. The molecule has 0 aliphatic carbocycles. The van der Waals surface area contributed by atoms with Crippen molar-refractivity contribution in [2.24, 2.45) is 0 Å². The fraction of sp³-hybridized carbons (Fsp3) is 0.240. The van der Waals surface area contributed by atoms with Crippen LogP contribution in [0.3, 0.4) is 0 Å². The molecule has 6 nitrogen and oxygen atoms in total. The number of sulfonamides is 1. The van der Waals surface area contributed by atoms with E-state index >= 15 is 0 Å². The molecule has 0 saturated heterocycles. The Kier molecular flexibility index (Phi) is 9.21. The van der Waals surface area contributed by atoms with Gasteiger partial charge in [0.15, 0.2) is 0 Å². The zero-order valence-electron chi connectivity index (χ0n) is 18.5. The predicted molar refractivity (Wildman–Crippen MR) is 133 cm³/mol. The van der Waals surface area contributed by atoms with Gasteiger partial charge < -0.3 is 10.1 Å². The van der Waals surface area contributed by atoms with Crippen LogP contribution in [-0.2, 0) is 14.8 Å². The van der Waals surface area contributed by atoms with Crippen molar-refractivity contribution >= 4 is 33.4 Å². The number of amides is 1. The van der Waals surface area contributed by atoms with Gasteiger partial charge in [0, 0.05) is 11.4 Å². The second-order valence-corrected chi connectivity index (χ2v) is 10.1. The summed E-state index contributed by atoms with van der Waals surface area (Å²) in [4.78, 5) is 13.9. The molecule has 0 heterocycles. The lowest BCUT2D eigenvalue weighted by Crippen LogP contribution is -2.41. The van der Waals surface area contributed by atoms with Crippen molar-refractivity contribution in [3.05, 3.63) is 84.9 Å². The smallest absolute Gasteiger partial charge is 0.264 e. The highest BCUT2D eigenvalue weighted by Gasteiger charge is 2.27. The predicted octanol–water partition coefficient (Wildman–Crippen LogP) is 4.58. The minimum atomic E-state index is -3.94. The van der Waals surface area contributed by atoms with Gasteiger partial charge in [-0.15, -0.1) is 11.8 Å². The Morgan fingerprint density at radius 3 is 2.21 bits per heavy atom. The molecule has 3 rings (SSSR count). The van der Waals surface area contributed by atoms with E-state index in [9.17, 15) is 13.2 Å². The van der Waals surface area contributed by atoms with Crippen molar-refractivity contribution in [3.63, 3.8) is 0 Å². The van der Waals surface area contributed by atoms with E-state index in [2.05, 4.69) is 5.32 Å². The quantitative estimate of drug-likeness (QED) is 0.301. The molecule has 0 aliphatic rings. The van der Waals surface area contributed by atoms with Crippen molar-refractivity contribution in [2.75, 3.05) is 29.8 Å². The molecule has 0 aromatic heterocycles. The number of carbonyl (C=O) groups excluding carboxylic acids is 1. The summed E-state index contributed by atoms with van der Waals surface area (Å²) in [6, 6.07) is 24.9. The number of rotatable bonds is 12. The third kappa shape index (κ3) is 7.27. The Hall–Kier alpha value is -2.97. The first-order valence-electron chi connectivity index (χ1n) is 10.8. The monoisotopic (exact) mass is 484 g/mol. The number of benzene rings is 3. The van der Waals surface area contributed by atoms with Crippen LogP contribution in [0.1, 0.15) is 13.3 Å². The minimum Gasteiger partial charge on any atom is -0.494 e. The van der Waals surface area contributed by atoms with Crippen molar-refractivity contribution in [1.29, 1.82) is 0 Å². The molecule has 0 spiro atoms. The van der Waals surface area contributed by atoms with Crippen LogP contribution in [0.15, 0.2) is 94.7 Å². The van der Waals surface area contributed by atoms with Gasteiger partial charge in [0.2, 0.25) is 5.91 Å². The van der Waals surface area contributed by atoms with E-state index in [0.29, 0.717) is 24.6 Å². The summed E-state index contributed by atoms with van der Waals surface area (Å²) in [5.41, 5.74) is 0.432. The molecule has 0 atom stereocenters. The summed E-state index contributed by atoms with van der Waals surface area (Å²) in [5.74, 6) is 1.10. The first-order valence-corrected chi connectivity index (χ1v) is 13.2. The lowest BCUT2D eigenvalue weighted by molar-refractivity contribution is -0.119. The van der Waals surface area contributed by atoms with E-state index in [1.807, 2.05) is 37.3 Å². The highest BCUT2D eigenvalue weighted by Crippen LogP contribution is 2.25. The van der Waals surface area contributed by atoms with Crippen LogP contribution in [0.2, 0.25) is 0 Å². The largest absolute Gasteiger partial charge is 0.494 e. The van der Waals surface area contributed by atoms with E-state index in [4.69, 9.17) is 4.74 Å².